The molecule has 1 atom stereocenters. The van der Waals surface area contributed by atoms with Crippen molar-refractivity contribution >= 4 is 0 Å². The van der Waals surface area contributed by atoms with Gasteiger partial charge >= 0.3 is 0 Å². The molecule has 0 saturated heterocycles. The van der Waals surface area contributed by atoms with Crippen LogP contribution in [0.15, 0.2) is 48.5 Å². The van der Waals surface area contributed by atoms with Gasteiger partial charge in [-0.25, -0.2) is 0 Å². The maximum Gasteiger partial charge on any atom is 0.125 e. The van der Waals surface area contributed by atoms with Crippen molar-refractivity contribution in [3.05, 3.63) is 65.2 Å². The predicted octanol–water partition coefficient (Wildman–Crippen LogP) is 4.43. The van der Waals surface area contributed by atoms with Gasteiger partial charge in [-0.1, -0.05) is 48.9 Å². The molecule has 1 saturated carbocycles. The van der Waals surface area contributed by atoms with Gasteiger partial charge in [0.25, 0.3) is 0 Å². The molecule has 0 aliphatic heterocycles. The van der Waals surface area contributed by atoms with Gasteiger partial charge in [0.2, 0.25) is 0 Å². The highest BCUT2D eigenvalue weighted by Gasteiger charge is 2.25. The fraction of sp³-hybridized carbons (Fsp3) is 0.368. The van der Waals surface area contributed by atoms with Gasteiger partial charge in [-0.15, -0.1) is 0 Å². The Morgan fingerprint density at radius 2 is 1.71 bits per heavy atom. The zero-order valence-electron chi connectivity index (χ0n) is 12.5. The Bertz CT molecular complexity index is 602. The molecule has 2 aromatic rings. The molecule has 0 bridgehead atoms. The molecule has 1 aliphatic carbocycles. The third-order valence-electron chi connectivity index (χ3n) is 4.35. The molecule has 1 aliphatic rings. The average molecular weight is 282 g/mol. The van der Waals surface area contributed by atoms with E-state index >= 15 is 0 Å². The Kier molecular flexibility index (Phi) is 4.26. The number of hydrogen-bond donors (Lipinski definition) is 1. The molecule has 2 aromatic carbocycles. The van der Waals surface area contributed by atoms with E-state index in [1.165, 1.54) is 24.8 Å². The Morgan fingerprint density at radius 3 is 2.38 bits per heavy atom. The van der Waals surface area contributed by atoms with Crippen molar-refractivity contribution in [1.29, 1.82) is 0 Å². The summed E-state index contributed by atoms with van der Waals surface area (Å²) < 4.78 is 5.66. The monoisotopic (exact) mass is 282 g/mol. The van der Waals surface area contributed by atoms with Crippen LogP contribution < -0.4 is 4.74 Å². The third kappa shape index (κ3) is 2.81. The van der Waals surface area contributed by atoms with Gasteiger partial charge in [0.1, 0.15) is 11.9 Å². The summed E-state index contributed by atoms with van der Waals surface area (Å²) >= 11 is 0. The quantitative estimate of drug-likeness (QED) is 0.878. The van der Waals surface area contributed by atoms with Crippen LogP contribution in [0, 0.1) is 0 Å². The average Bonchev–Trinajstić information content (AvgIpc) is 2.46. The molecule has 0 heterocycles. The molecular formula is C19H22O2. The second kappa shape index (κ2) is 6.31. The number of hydrogen-bond acceptors (Lipinski definition) is 2. The van der Waals surface area contributed by atoms with E-state index in [1.807, 2.05) is 43.3 Å². The van der Waals surface area contributed by atoms with Crippen LogP contribution in [0.3, 0.4) is 0 Å². The number of para-hydroxylation sites is 1. The molecule has 0 spiro atoms. The largest absolute Gasteiger partial charge is 0.493 e. The number of aliphatic hydroxyl groups is 1. The minimum Gasteiger partial charge on any atom is -0.493 e. The van der Waals surface area contributed by atoms with Crippen molar-refractivity contribution in [3.63, 3.8) is 0 Å². The summed E-state index contributed by atoms with van der Waals surface area (Å²) in [6.07, 6.45) is 3.14. The first-order valence-electron chi connectivity index (χ1n) is 7.80. The maximum absolute atomic E-state index is 10.9. The lowest BCUT2D eigenvalue weighted by molar-refractivity contribution is 0.209. The summed E-state index contributed by atoms with van der Waals surface area (Å²) in [7, 11) is 0. The van der Waals surface area contributed by atoms with E-state index in [1.54, 1.807) is 0 Å². The Balaban J connectivity index is 1.97. The van der Waals surface area contributed by atoms with E-state index in [9.17, 15) is 5.11 Å². The lowest BCUT2D eigenvalue weighted by atomic mass is 9.77. The Morgan fingerprint density at radius 1 is 1.05 bits per heavy atom. The Hall–Kier alpha value is -1.80. The van der Waals surface area contributed by atoms with Crippen LogP contribution in [-0.2, 0) is 0 Å². The predicted molar refractivity (Wildman–Crippen MR) is 84.7 cm³/mol. The highest BCUT2D eigenvalue weighted by atomic mass is 16.5. The molecule has 110 valence electrons. The van der Waals surface area contributed by atoms with E-state index in [0.717, 1.165) is 16.9 Å². The normalized spacial score (nSPS) is 16.3. The topological polar surface area (TPSA) is 29.5 Å². The molecule has 1 N–H and O–H groups in total. The number of ether oxygens (including phenoxy) is 1. The molecule has 0 aromatic heterocycles. The van der Waals surface area contributed by atoms with E-state index in [-0.39, 0.29) is 0 Å². The fourth-order valence-corrected chi connectivity index (χ4v) is 3.01. The summed E-state index contributed by atoms with van der Waals surface area (Å²) in [5.74, 6) is 1.38. The van der Waals surface area contributed by atoms with Gasteiger partial charge in [-0.3, -0.25) is 0 Å². The van der Waals surface area contributed by atoms with Gasteiger partial charge in [0.05, 0.1) is 6.61 Å². The lowest BCUT2D eigenvalue weighted by Crippen LogP contribution is -2.14. The van der Waals surface area contributed by atoms with Crippen LogP contribution in [-0.4, -0.2) is 11.7 Å². The summed E-state index contributed by atoms with van der Waals surface area (Å²) in [4.78, 5) is 0. The van der Waals surface area contributed by atoms with E-state index in [0.29, 0.717) is 12.5 Å². The first-order valence-corrected chi connectivity index (χ1v) is 7.80. The Labute approximate surface area is 126 Å². The van der Waals surface area contributed by atoms with E-state index in [2.05, 4.69) is 12.1 Å². The second-order valence-electron chi connectivity index (χ2n) is 5.63. The van der Waals surface area contributed by atoms with Crippen LogP contribution in [0.4, 0.5) is 0 Å². The first kappa shape index (κ1) is 14.2. The number of aliphatic hydroxyl groups excluding tert-OH is 1. The highest BCUT2D eigenvalue weighted by Crippen LogP contribution is 2.41. The third-order valence-corrected chi connectivity index (χ3v) is 4.35. The molecule has 1 unspecified atom stereocenters. The van der Waals surface area contributed by atoms with Gasteiger partial charge < -0.3 is 9.84 Å². The summed E-state index contributed by atoms with van der Waals surface area (Å²) in [6, 6.07) is 16.0. The van der Waals surface area contributed by atoms with Crippen LogP contribution in [0.25, 0.3) is 0 Å². The lowest BCUT2D eigenvalue weighted by Gasteiger charge is -2.29. The number of benzene rings is 2. The van der Waals surface area contributed by atoms with E-state index in [4.69, 9.17) is 4.74 Å². The van der Waals surface area contributed by atoms with Crippen molar-refractivity contribution in [1.82, 2.24) is 0 Å². The first-order chi connectivity index (χ1) is 10.3. The molecule has 3 rings (SSSR count). The molecule has 21 heavy (non-hydrogen) atoms. The smallest absolute Gasteiger partial charge is 0.125 e. The molecule has 0 amide bonds. The minimum absolute atomic E-state index is 0.605. The number of rotatable bonds is 5. The van der Waals surface area contributed by atoms with Crippen LogP contribution in [0.1, 0.15) is 54.9 Å². The standard InChI is InChI=1S/C19H22O2/c1-2-21-18-13-6-5-12-17(18)19(20)16-11-4-3-10-15(16)14-8-7-9-14/h3-6,10-14,19-20H,2,7-9H2,1H3. The van der Waals surface area contributed by atoms with Crippen molar-refractivity contribution < 1.29 is 9.84 Å². The van der Waals surface area contributed by atoms with Crippen LogP contribution >= 0.6 is 0 Å². The van der Waals surface area contributed by atoms with E-state index < -0.39 is 6.10 Å². The summed E-state index contributed by atoms with van der Waals surface area (Å²) in [5, 5.41) is 10.9. The highest BCUT2D eigenvalue weighted by molar-refractivity contribution is 5.44. The van der Waals surface area contributed by atoms with Crippen molar-refractivity contribution in [2.45, 2.75) is 38.2 Å². The zero-order chi connectivity index (χ0) is 14.7. The molecule has 0 radical (unpaired) electrons. The zero-order valence-corrected chi connectivity index (χ0v) is 12.5. The fourth-order valence-electron chi connectivity index (χ4n) is 3.01. The molecule has 2 nitrogen and oxygen atoms in total. The van der Waals surface area contributed by atoms with Crippen LogP contribution in [0.2, 0.25) is 0 Å². The summed E-state index contributed by atoms with van der Waals surface area (Å²) in [6.45, 7) is 2.57. The van der Waals surface area contributed by atoms with Crippen LogP contribution in [0.5, 0.6) is 5.75 Å². The van der Waals surface area contributed by atoms with Crippen molar-refractivity contribution in [3.8, 4) is 5.75 Å². The molecule has 1 fully saturated rings. The summed E-state index contributed by atoms with van der Waals surface area (Å²) in [5.41, 5.74) is 3.17. The van der Waals surface area contributed by atoms with Gasteiger partial charge in [0.15, 0.2) is 0 Å². The second-order valence-corrected chi connectivity index (χ2v) is 5.63. The maximum atomic E-state index is 10.9. The van der Waals surface area contributed by atoms with Gasteiger partial charge in [-0.2, -0.15) is 0 Å². The van der Waals surface area contributed by atoms with Gasteiger partial charge in [-0.05, 0) is 42.9 Å². The molecule has 2 heteroatoms. The van der Waals surface area contributed by atoms with Crippen molar-refractivity contribution in [2.75, 3.05) is 6.61 Å². The molecular weight excluding hydrogens is 260 g/mol. The minimum atomic E-state index is -0.621. The van der Waals surface area contributed by atoms with Crippen molar-refractivity contribution in [2.24, 2.45) is 0 Å². The SMILES string of the molecule is CCOc1ccccc1C(O)c1ccccc1C1CCC1. The van der Waals surface area contributed by atoms with Gasteiger partial charge in [0, 0.05) is 5.56 Å².